The molecule has 380 valence electrons. The Morgan fingerprint density at radius 3 is 1.75 bits per heavy atom. The van der Waals surface area contributed by atoms with Crippen molar-refractivity contribution in [1.82, 2.24) is 4.57 Å². The highest BCUT2D eigenvalue weighted by molar-refractivity contribution is 8.10. The molecule has 71 heavy (non-hydrogen) atoms. The molecule has 5 aliphatic rings. The number of benzene rings is 2. The molecule has 2 spiro atoms. The van der Waals surface area contributed by atoms with Crippen molar-refractivity contribution in [2.24, 2.45) is 16.2 Å². The number of fused-ring (bicyclic) bond motifs is 6. The maximum atomic E-state index is 6.31. The molecule has 0 bridgehead atoms. The van der Waals surface area contributed by atoms with Crippen LogP contribution in [0.2, 0.25) is 0 Å². The SMILES string of the molecule is CC/C=C\C(C)(C)c1ccc2c(c1)S/C(=C1/Sc3cc(-c4cc5c(s4)c4sc(C(C)(CC)CC)cc4n5CCC4(CCCCCCCCCCCC)C5(CCCCC5)C45CCCCC5)ccc3C1=S)C2=S. The topological polar surface area (TPSA) is 4.93 Å². The molecule has 0 saturated heterocycles. The first-order valence-electron chi connectivity index (χ1n) is 28.6. The average Bonchev–Trinajstić information content (AvgIpc) is 4.12. The smallest absolute Gasteiger partial charge is 0.0707 e. The summed E-state index contributed by atoms with van der Waals surface area (Å²) in [6.07, 6.45) is 39.9. The van der Waals surface area contributed by atoms with Crippen LogP contribution in [0.15, 0.2) is 80.3 Å². The van der Waals surface area contributed by atoms with Gasteiger partial charge in [-0.2, -0.15) is 0 Å². The van der Waals surface area contributed by atoms with E-state index in [4.69, 9.17) is 24.4 Å². The summed E-state index contributed by atoms with van der Waals surface area (Å²) >= 11 is 20.4. The van der Waals surface area contributed by atoms with Gasteiger partial charge in [-0.15, -0.1) is 22.7 Å². The molecule has 0 radical (unpaired) electrons. The van der Waals surface area contributed by atoms with Crippen LogP contribution in [0.25, 0.3) is 30.9 Å². The molecule has 10 rings (SSSR count). The Hall–Kier alpha value is -2.00. The van der Waals surface area contributed by atoms with Gasteiger partial charge in [-0.25, -0.2) is 0 Å². The lowest BCUT2D eigenvalue weighted by Crippen LogP contribution is -2.20. The molecule has 2 aliphatic heterocycles. The highest BCUT2D eigenvalue weighted by atomic mass is 32.2. The van der Waals surface area contributed by atoms with Crippen molar-refractivity contribution in [3.05, 3.63) is 92.1 Å². The molecule has 5 aromatic rings. The Labute approximate surface area is 456 Å². The number of aryl methyl sites for hydroxylation is 1. The summed E-state index contributed by atoms with van der Waals surface area (Å²) in [5.41, 5.74) is 9.82. The molecule has 2 aromatic carbocycles. The first-order valence-corrected chi connectivity index (χ1v) is 32.7. The summed E-state index contributed by atoms with van der Waals surface area (Å²) in [5, 5.41) is 0. The highest BCUT2D eigenvalue weighted by Gasteiger charge is 2.82. The van der Waals surface area contributed by atoms with Crippen LogP contribution in [0.1, 0.15) is 231 Å². The Morgan fingerprint density at radius 1 is 0.606 bits per heavy atom. The second-order valence-corrected chi connectivity index (χ2v) is 28.6. The van der Waals surface area contributed by atoms with Crippen molar-refractivity contribution in [3.63, 3.8) is 0 Å². The summed E-state index contributed by atoms with van der Waals surface area (Å²) in [6.45, 7) is 17.6. The lowest BCUT2D eigenvalue weighted by molar-refractivity contribution is 0.196. The van der Waals surface area contributed by atoms with Crippen LogP contribution in [0.4, 0.5) is 0 Å². The van der Waals surface area contributed by atoms with Crippen LogP contribution >= 0.6 is 70.6 Å². The predicted molar refractivity (Wildman–Crippen MR) is 324 cm³/mol. The average molecular weight is 1060 g/mol. The van der Waals surface area contributed by atoms with Crippen molar-refractivity contribution in [2.75, 3.05) is 0 Å². The number of hydrogen-bond donors (Lipinski definition) is 0. The molecule has 1 nitrogen and oxygen atoms in total. The first-order chi connectivity index (χ1) is 34.4. The molecule has 3 fully saturated rings. The molecular formula is C64H83NS6. The maximum absolute atomic E-state index is 6.31. The molecule has 3 aliphatic carbocycles. The number of aromatic nitrogens is 1. The van der Waals surface area contributed by atoms with Crippen LogP contribution < -0.4 is 0 Å². The van der Waals surface area contributed by atoms with Crippen molar-refractivity contribution < 1.29 is 0 Å². The van der Waals surface area contributed by atoms with Crippen molar-refractivity contribution in [2.45, 2.75) is 236 Å². The standard InChI is InChI=1S/C64H83NS6/c1-8-12-14-15-16-17-18-19-20-23-37-64(62(33-24-21-25-34-62)63(64)35-26-22-27-36-63)38-39-65-48-42-50(68-56(48)57-49(65)43-53(71-57)61(7,10-3)11-4)44-28-30-46-51(40-44)69-58(54(46)66)59-55(67)47-31-29-45(41-52(47)70-59)60(5,6)32-13-9-2/h13,28-32,40-43H,8-12,14-27,33-39H2,1-7H3/b32-13-,59-58+. The van der Waals surface area contributed by atoms with Crippen LogP contribution in [-0.2, 0) is 17.4 Å². The zero-order valence-corrected chi connectivity index (χ0v) is 49.5. The lowest BCUT2D eigenvalue weighted by Gasteiger charge is -2.31. The van der Waals surface area contributed by atoms with Gasteiger partial charge >= 0.3 is 0 Å². The van der Waals surface area contributed by atoms with Crippen LogP contribution in [-0.4, -0.2) is 14.3 Å². The molecule has 5 heterocycles. The third kappa shape index (κ3) is 9.24. The summed E-state index contributed by atoms with van der Waals surface area (Å²) in [5.74, 6) is 0. The number of hydrogen-bond acceptors (Lipinski definition) is 6. The van der Waals surface area contributed by atoms with E-state index in [9.17, 15) is 0 Å². The number of unbranched alkanes of at least 4 members (excludes halogenated alkanes) is 9. The molecule has 0 amide bonds. The second kappa shape index (κ2) is 21.6. The number of rotatable bonds is 21. The zero-order chi connectivity index (χ0) is 49.6. The Balaban J connectivity index is 0.953. The minimum absolute atomic E-state index is 0.0355. The van der Waals surface area contributed by atoms with E-state index in [2.05, 4.69) is 125 Å². The minimum atomic E-state index is -0.0355. The molecule has 0 unspecified atom stereocenters. The van der Waals surface area contributed by atoms with E-state index < -0.39 is 0 Å². The van der Waals surface area contributed by atoms with Gasteiger partial charge in [0.2, 0.25) is 0 Å². The van der Waals surface area contributed by atoms with Gasteiger partial charge in [0, 0.05) is 57.9 Å². The van der Waals surface area contributed by atoms with Crippen LogP contribution in [0.5, 0.6) is 0 Å². The molecule has 0 N–H and O–H groups in total. The number of nitrogens with zero attached hydrogens (tertiary/aromatic N) is 1. The fourth-order valence-corrected chi connectivity index (χ4v) is 21.2. The summed E-state index contributed by atoms with van der Waals surface area (Å²) in [4.78, 5) is 9.70. The maximum Gasteiger partial charge on any atom is 0.0707 e. The Kier molecular flexibility index (Phi) is 15.9. The quantitative estimate of drug-likeness (QED) is 0.0312. The molecular weight excluding hydrogens is 975 g/mol. The number of thiocarbonyl (C=S) groups is 2. The van der Waals surface area contributed by atoms with Gasteiger partial charge in [-0.3, -0.25) is 0 Å². The zero-order valence-electron chi connectivity index (χ0n) is 44.6. The van der Waals surface area contributed by atoms with Crippen LogP contribution in [0, 0.1) is 16.2 Å². The van der Waals surface area contributed by atoms with E-state index in [1.807, 2.05) is 34.9 Å². The lowest BCUT2D eigenvalue weighted by atomic mass is 9.73. The highest BCUT2D eigenvalue weighted by Crippen LogP contribution is 2.89. The van der Waals surface area contributed by atoms with Gasteiger partial charge < -0.3 is 4.57 Å². The normalized spacial score (nSPS) is 20.4. The van der Waals surface area contributed by atoms with Crippen LogP contribution in [0.3, 0.4) is 0 Å². The van der Waals surface area contributed by atoms with Gasteiger partial charge in [0.15, 0.2) is 0 Å². The third-order valence-corrected chi connectivity index (χ3v) is 25.8. The van der Waals surface area contributed by atoms with E-state index in [1.165, 1.54) is 211 Å². The number of allylic oxidation sites excluding steroid dienone is 4. The van der Waals surface area contributed by atoms with Crippen molar-refractivity contribution >= 4 is 101 Å². The Bertz CT molecular complexity index is 2800. The monoisotopic (exact) mass is 1060 g/mol. The largest absolute Gasteiger partial charge is 0.339 e. The fraction of sp³-hybridized carbons (Fsp3) is 0.594. The van der Waals surface area contributed by atoms with Crippen molar-refractivity contribution in [1.29, 1.82) is 0 Å². The van der Waals surface area contributed by atoms with E-state index in [1.54, 1.807) is 4.88 Å². The van der Waals surface area contributed by atoms with Gasteiger partial charge in [0.25, 0.3) is 0 Å². The molecule has 0 atom stereocenters. The van der Waals surface area contributed by atoms with Gasteiger partial charge in [0.1, 0.15) is 0 Å². The molecule has 3 aromatic heterocycles. The van der Waals surface area contributed by atoms with E-state index in [-0.39, 0.29) is 10.8 Å². The van der Waals surface area contributed by atoms with E-state index in [0.29, 0.717) is 16.2 Å². The summed E-state index contributed by atoms with van der Waals surface area (Å²) < 4.78 is 5.90. The molecule has 3 saturated carbocycles. The minimum Gasteiger partial charge on any atom is -0.339 e. The van der Waals surface area contributed by atoms with E-state index in [0.717, 1.165) is 32.5 Å². The fourth-order valence-electron chi connectivity index (χ4n) is 14.9. The summed E-state index contributed by atoms with van der Waals surface area (Å²) in [7, 11) is 0. The number of thioether (sulfide) groups is 2. The third-order valence-electron chi connectivity index (χ3n) is 19.5. The van der Waals surface area contributed by atoms with Gasteiger partial charge in [-0.05, 0) is 109 Å². The van der Waals surface area contributed by atoms with Crippen molar-refractivity contribution in [3.8, 4) is 10.4 Å². The number of thiophene rings is 2. The van der Waals surface area contributed by atoms with Gasteiger partial charge in [-0.1, -0.05) is 236 Å². The Morgan fingerprint density at radius 2 is 1.15 bits per heavy atom. The van der Waals surface area contributed by atoms with Gasteiger partial charge in [0.05, 0.1) is 30.2 Å². The predicted octanol–water partition coefficient (Wildman–Crippen LogP) is 22.1. The second-order valence-electron chi connectivity index (χ2n) is 23.6. The molecule has 7 heteroatoms. The summed E-state index contributed by atoms with van der Waals surface area (Å²) in [6, 6.07) is 19.2. The first kappa shape index (κ1) is 52.4. The van der Waals surface area contributed by atoms with E-state index >= 15 is 0 Å².